The molecule has 0 aliphatic heterocycles. The number of aryl methyl sites for hydroxylation is 1. The highest BCUT2D eigenvalue weighted by atomic mass is 32.1. The van der Waals surface area contributed by atoms with Crippen LogP contribution in [0, 0.1) is 15.9 Å². The van der Waals surface area contributed by atoms with Gasteiger partial charge in [-0.1, -0.05) is 30.3 Å². The van der Waals surface area contributed by atoms with Crippen molar-refractivity contribution in [2.24, 2.45) is 4.99 Å². The van der Waals surface area contributed by atoms with Gasteiger partial charge in [0.2, 0.25) is 0 Å². The second-order valence-electron chi connectivity index (χ2n) is 7.53. The Hall–Kier alpha value is -4.04. The Labute approximate surface area is 192 Å². The van der Waals surface area contributed by atoms with Gasteiger partial charge in [0.1, 0.15) is 11.5 Å². The summed E-state index contributed by atoms with van der Waals surface area (Å²) in [6, 6.07) is 20.9. The van der Waals surface area contributed by atoms with Crippen LogP contribution in [-0.4, -0.2) is 14.5 Å². The van der Waals surface area contributed by atoms with Crippen LogP contribution in [-0.2, 0) is 13.0 Å². The van der Waals surface area contributed by atoms with E-state index in [0.717, 1.165) is 28.6 Å². The van der Waals surface area contributed by atoms with E-state index < -0.39 is 4.92 Å². The van der Waals surface area contributed by atoms with Crippen molar-refractivity contribution in [2.75, 3.05) is 0 Å². The van der Waals surface area contributed by atoms with E-state index >= 15 is 0 Å². The largest absolute Gasteiger partial charge is 0.361 e. The van der Waals surface area contributed by atoms with Crippen LogP contribution in [0.2, 0.25) is 0 Å². The smallest absolute Gasteiger partial charge is 0.294 e. The number of hydrogen-bond acceptors (Lipinski definition) is 4. The van der Waals surface area contributed by atoms with Crippen LogP contribution in [0.15, 0.2) is 89.4 Å². The molecule has 5 aromatic rings. The van der Waals surface area contributed by atoms with Crippen molar-refractivity contribution in [3.05, 3.63) is 111 Å². The molecule has 0 aliphatic rings. The Bertz CT molecular complexity index is 1520. The molecule has 33 heavy (non-hydrogen) atoms. The van der Waals surface area contributed by atoms with Gasteiger partial charge < -0.3 is 9.55 Å². The third-order valence-electron chi connectivity index (χ3n) is 5.51. The molecular weight excluding hydrogens is 439 g/mol. The van der Waals surface area contributed by atoms with E-state index in [1.165, 1.54) is 35.1 Å². The van der Waals surface area contributed by atoms with Gasteiger partial charge in [-0.3, -0.25) is 10.1 Å². The molecule has 2 heterocycles. The van der Waals surface area contributed by atoms with Crippen molar-refractivity contribution >= 4 is 33.6 Å². The first-order chi connectivity index (χ1) is 16.1. The zero-order valence-corrected chi connectivity index (χ0v) is 18.3. The third kappa shape index (κ3) is 4.20. The fourth-order valence-corrected chi connectivity index (χ4v) is 4.82. The van der Waals surface area contributed by atoms with Gasteiger partial charge in [-0.2, -0.15) is 0 Å². The molecule has 0 unspecified atom stereocenters. The lowest BCUT2D eigenvalue weighted by molar-refractivity contribution is -0.384. The highest BCUT2D eigenvalue weighted by Gasteiger charge is 2.14. The van der Waals surface area contributed by atoms with Gasteiger partial charge in [-0.15, -0.1) is 11.3 Å². The minimum absolute atomic E-state index is 0.0441. The number of nitro groups is 1. The Kier molecular flexibility index (Phi) is 5.58. The van der Waals surface area contributed by atoms with Crippen molar-refractivity contribution in [2.45, 2.75) is 13.0 Å². The number of aromatic nitrogens is 2. The zero-order valence-electron chi connectivity index (χ0n) is 17.4. The first-order valence-electron chi connectivity index (χ1n) is 10.4. The quantitative estimate of drug-likeness (QED) is 0.242. The van der Waals surface area contributed by atoms with Crippen LogP contribution in [0.25, 0.3) is 22.2 Å². The second-order valence-corrected chi connectivity index (χ2v) is 8.37. The van der Waals surface area contributed by atoms with E-state index in [2.05, 4.69) is 16.0 Å². The summed E-state index contributed by atoms with van der Waals surface area (Å²) in [7, 11) is 0. The maximum Gasteiger partial charge on any atom is 0.294 e. The highest BCUT2D eigenvalue weighted by Crippen LogP contribution is 2.27. The molecule has 3 aromatic carbocycles. The molecule has 0 bridgehead atoms. The number of rotatable bonds is 6. The number of hydrogen-bond donors (Lipinski definition) is 1. The van der Waals surface area contributed by atoms with Crippen LogP contribution in [0.4, 0.5) is 15.8 Å². The normalized spacial score (nSPS) is 11.8. The van der Waals surface area contributed by atoms with Gasteiger partial charge in [-0.05, 0) is 53.9 Å². The molecule has 164 valence electrons. The second kappa shape index (κ2) is 8.84. The molecule has 0 fully saturated rings. The van der Waals surface area contributed by atoms with Gasteiger partial charge >= 0.3 is 0 Å². The average molecular weight is 459 g/mol. The van der Waals surface area contributed by atoms with Crippen molar-refractivity contribution in [3.8, 4) is 11.3 Å². The van der Waals surface area contributed by atoms with Gasteiger partial charge in [0, 0.05) is 35.1 Å². The maximum absolute atomic E-state index is 13.5. The molecule has 0 atom stereocenters. The number of aromatic amines is 1. The summed E-state index contributed by atoms with van der Waals surface area (Å²) in [4.78, 5) is 19.6. The molecule has 0 saturated carbocycles. The minimum atomic E-state index is -0.427. The fraction of sp³-hybridized carbons (Fsp3) is 0.0800. The van der Waals surface area contributed by atoms with Gasteiger partial charge in [-0.25, -0.2) is 9.38 Å². The number of nitrogens with one attached hydrogen (secondary N) is 1. The molecule has 5 rings (SSSR count). The molecule has 2 aromatic heterocycles. The molecule has 0 radical (unpaired) electrons. The number of halogens is 1. The first kappa shape index (κ1) is 20.8. The summed E-state index contributed by atoms with van der Waals surface area (Å²) in [6.07, 6.45) is 2.74. The summed E-state index contributed by atoms with van der Waals surface area (Å²) >= 11 is 1.40. The summed E-state index contributed by atoms with van der Waals surface area (Å²) in [5.41, 5.74) is 4.25. The number of fused-ring (bicyclic) bond motifs is 1. The zero-order chi connectivity index (χ0) is 22.8. The number of nitrogens with zero attached hydrogens (tertiary/aromatic N) is 3. The maximum atomic E-state index is 13.5. The number of thiazole rings is 1. The van der Waals surface area contributed by atoms with Crippen molar-refractivity contribution in [3.63, 3.8) is 0 Å². The molecule has 1 N–H and O–H groups in total. The van der Waals surface area contributed by atoms with E-state index in [1.807, 2.05) is 34.3 Å². The van der Waals surface area contributed by atoms with E-state index in [-0.39, 0.29) is 11.5 Å². The first-order valence-corrected chi connectivity index (χ1v) is 11.3. The van der Waals surface area contributed by atoms with Crippen LogP contribution < -0.4 is 4.80 Å². The number of H-pyrrole nitrogens is 1. The van der Waals surface area contributed by atoms with Crippen LogP contribution in [0.5, 0.6) is 0 Å². The summed E-state index contributed by atoms with van der Waals surface area (Å²) in [5, 5.41) is 14.6. The minimum Gasteiger partial charge on any atom is -0.361 e. The van der Waals surface area contributed by atoms with Crippen molar-refractivity contribution < 1.29 is 9.31 Å². The monoisotopic (exact) mass is 458 g/mol. The number of nitro benzene ring substituents is 1. The summed E-state index contributed by atoms with van der Waals surface area (Å²) in [6.45, 7) is 0.609. The summed E-state index contributed by atoms with van der Waals surface area (Å²) < 4.78 is 15.5. The van der Waals surface area contributed by atoms with E-state index in [1.54, 1.807) is 30.3 Å². The van der Waals surface area contributed by atoms with Crippen LogP contribution >= 0.6 is 11.3 Å². The SMILES string of the molecule is O=[N+]([O-])c1ccccc1N=c1scc(-c2ccc(F)cc2)n1CCc1c[nH]c2ccccc12. The number of benzene rings is 3. The topological polar surface area (TPSA) is 76.2 Å². The Morgan fingerprint density at radius 1 is 1.03 bits per heavy atom. The van der Waals surface area contributed by atoms with Crippen molar-refractivity contribution in [1.29, 1.82) is 0 Å². The standard InChI is InChI=1S/C25H19FN4O2S/c26-19-11-9-17(10-12-19)24-16-33-25(28-22-7-3-4-8-23(22)30(31)32)29(24)14-13-18-15-27-21-6-2-1-5-20(18)21/h1-12,15-16,27H,13-14H2. The van der Waals surface area contributed by atoms with Gasteiger partial charge in [0.15, 0.2) is 4.80 Å². The lowest BCUT2D eigenvalue weighted by atomic mass is 10.1. The molecule has 8 heteroatoms. The van der Waals surface area contributed by atoms with E-state index in [9.17, 15) is 14.5 Å². The van der Waals surface area contributed by atoms with Crippen LogP contribution in [0.1, 0.15) is 5.56 Å². The third-order valence-corrected chi connectivity index (χ3v) is 6.38. The molecule has 0 aliphatic carbocycles. The average Bonchev–Trinajstić information content (AvgIpc) is 3.42. The van der Waals surface area contributed by atoms with E-state index in [0.29, 0.717) is 17.0 Å². The molecule has 0 spiro atoms. The Morgan fingerprint density at radius 2 is 1.79 bits per heavy atom. The predicted octanol–water partition coefficient (Wildman–Crippen LogP) is 6.22. The lowest BCUT2D eigenvalue weighted by Gasteiger charge is -2.09. The molecule has 6 nitrogen and oxygen atoms in total. The van der Waals surface area contributed by atoms with Gasteiger partial charge in [0.25, 0.3) is 5.69 Å². The van der Waals surface area contributed by atoms with E-state index in [4.69, 9.17) is 0 Å². The number of para-hydroxylation sites is 3. The Balaban J connectivity index is 1.60. The fourth-order valence-electron chi connectivity index (χ4n) is 3.87. The molecule has 0 saturated heterocycles. The predicted molar refractivity (Wildman–Crippen MR) is 128 cm³/mol. The molecule has 0 amide bonds. The lowest BCUT2D eigenvalue weighted by Crippen LogP contribution is -2.17. The van der Waals surface area contributed by atoms with Crippen molar-refractivity contribution in [1.82, 2.24) is 9.55 Å². The highest BCUT2D eigenvalue weighted by molar-refractivity contribution is 7.07. The summed E-state index contributed by atoms with van der Waals surface area (Å²) in [5.74, 6) is -0.302. The molecular formula is C25H19FN4O2S. The van der Waals surface area contributed by atoms with Crippen LogP contribution in [0.3, 0.4) is 0 Å². The Morgan fingerprint density at radius 3 is 2.61 bits per heavy atom. The van der Waals surface area contributed by atoms with Gasteiger partial charge in [0.05, 0.1) is 10.6 Å².